The van der Waals surface area contributed by atoms with Gasteiger partial charge in [-0.15, -0.1) is 0 Å². The number of aliphatic hydroxyl groups is 1. The fourth-order valence-electron chi connectivity index (χ4n) is 3.23. The maximum atomic E-state index is 14.0. The van der Waals surface area contributed by atoms with Gasteiger partial charge in [0.05, 0.1) is 12.7 Å². The van der Waals surface area contributed by atoms with Crippen LogP contribution in [0, 0.1) is 0 Å². The summed E-state index contributed by atoms with van der Waals surface area (Å²) in [4.78, 5) is 4.26. The first kappa shape index (κ1) is 18.0. The average Bonchev–Trinajstić information content (AvgIpc) is 2.48. The van der Waals surface area contributed by atoms with Crippen LogP contribution in [0.5, 0.6) is 0 Å². The number of alkyl halides is 2. The summed E-state index contributed by atoms with van der Waals surface area (Å²) < 4.78 is 33.2. The molecule has 2 saturated heterocycles. The van der Waals surface area contributed by atoms with Gasteiger partial charge in [-0.05, 0) is 33.6 Å². The Labute approximate surface area is 132 Å². The molecule has 6 heteroatoms. The molecule has 1 unspecified atom stereocenters. The number of aliphatic hydroxyl groups excluding tert-OH is 1. The molecule has 2 fully saturated rings. The Hall–Kier alpha value is -0.300. The Morgan fingerprint density at radius 1 is 1.05 bits per heavy atom. The Morgan fingerprint density at radius 2 is 1.68 bits per heavy atom. The number of halogens is 2. The molecule has 0 radical (unpaired) electrons. The van der Waals surface area contributed by atoms with Gasteiger partial charge in [0.2, 0.25) is 0 Å². The third kappa shape index (κ3) is 4.60. The van der Waals surface area contributed by atoms with Crippen LogP contribution in [0.3, 0.4) is 0 Å². The predicted octanol–water partition coefficient (Wildman–Crippen LogP) is 1.62. The lowest BCUT2D eigenvalue weighted by molar-refractivity contribution is -0.0805. The minimum Gasteiger partial charge on any atom is -0.389 e. The first-order chi connectivity index (χ1) is 10.4. The highest BCUT2D eigenvalue weighted by molar-refractivity contribution is 4.85. The molecule has 130 valence electrons. The molecule has 0 amide bonds. The minimum absolute atomic E-state index is 0.0591. The van der Waals surface area contributed by atoms with Crippen molar-refractivity contribution in [1.29, 1.82) is 0 Å². The van der Waals surface area contributed by atoms with Gasteiger partial charge < -0.3 is 9.84 Å². The summed E-state index contributed by atoms with van der Waals surface area (Å²) in [5.74, 6) is 0. The van der Waals surface area contributed by atoms with E-state index in [0.717, 1.165) is 6.54 Å². The number of rotatable bonds is 5. The van der Waals surface area contributed by atoms with Crippen molar-refractivity contribution in [3.05, 3.63) is 0 Å². The Balaban J connectivity index is 1.78. The predicted molar refractivity (Wildman–Crippen MR) is 82.5 cm³/mol. The summed E-state index contributed by atoms with van der Waals surface area (Å²) in [7, 11) is 0. The number of piperidine rings is 2. The molecule has 0 aromatic heterocycles. The third-order valence-electron chi connectivity index (χ3n) is 4.95. The van der Waals surface area contributed by atoms with Gasteiger partial charge >= 0.3 is 0 Å². The van der Waals surface area contributed by atoms with Crippen LogP contribution in [0.1, 0.15) is 33.6 Å². The highest BCUT2D eigenvalue weighted by Crippen LogP contribution is 2.21. The summed E-state index contributed by atoms with van der Waals surface area (Å²) in [5, 5.41) is 9.63. The Kier molecular flexibility index (Phi) is 6.56. The van der Waals surface area contributed by atoms with Crippen molar-refractivity contribution in [2.24, 2.45) is 0 Å². The average molecular weight is 320 g/mol. The zero-order valence-electron chi connectivity index (χ0n) is 13.9. The van der Waals surface area contributed by atoms with Crippen molar-refractivity contribution in [3.63, 3.8) is 0 Å². The van der Waals surface area contributed by atoms with E-state index in [0.29, 0.717) is 45.1 Å². The molecule has 4 nitrogen and oxygen atoms in total. The summed E-state index contributed by atoms with van der Waals surface area (Å²) in [6.45, 7) is 8.98. The number of likely N-dealkylation sites (tertiary alicyclic amines) is 2. The first-order valence-corrected chi connectivity index (χ1v) is 8.44. The van der Waals surface area contributed by atoms with Crippen LogP contribution < -0.4 is 0 Å². The molecular formula is C16H30F2N2O2. The Morgan fingerprint density at radius 3 is 2.32 bits per heavy atom. The number of hydrogen-bond acceptors (Lipinski definition) is 4. The van der Waals surface area contributed by atoms with Gasteiger partial charge in [0.1, 0.15) is 18.4 Å². The van der Waals surface area contributed by atoms with Crippen molar-refractivity contribution in [2.75, 3.05) is 32.8 Å². The van der Waals surface area contributed by atoms with Crippen LogP contribution in [0.4, 0.5) is 8.78 Å². The van der Waals surface area contributed by atoms with Gasteiger partial charge in [-0.3, -0.25) is 9.80 Å². The van der Waals surface area contributed by atoms with Crippen molar-refractivity contribution in [2.45, 2.75) is 70.2 Å². The normalized spacial score (nSPS) is 36.7. The van der Waals surface area contributed by atoms with Gasteiger partial charge in [0.15, 0.2) is 0 Å². The standard InChI is InChI=1S/C16H30F2N2O2/c1-11(2)19-6-5-14(18)16(9-19)22-10-12(3)20-7-4-13(17)15(21)8-20/h11-16,21H,4-10H2,1-3H3/t12?,13-,14+,15+,16-/m0/s1. The van der Waals surface area contributed by atoms with Gasteiger partial charge in [0.25, 0.3) is 0 Å². The number of nitrogens with zero attached hydrogens (tertiary/aromatic N) is 2. The van der Waals surface area contributed by atoms with Gasteiger partial charge in [-0.2, -0.15) is 0 Å². The van der Waals surface area contributed by atoms with E-state index in [2.05, 4.69) is 18.7 Å². The molecule has 0 spiro atoms. The van der Waals surface area contributed by atoms with E-state index in [-0.39, 0.29) is 12.1 Å². The van der Waals surface area contributed by atoms with Gasteiger partial charge in [0, 0.05) is 38.3 Å². The molecule has 2 rings (SSSR count). The summed E-state index contributed by atoms with van der Waals surface area (Å²) in [6.07, 6.45) is -2.48. The monoisotopic (exact) mass is 320 g/mol. The highest BCUT2D eigenvalue weighted by Gasteiger charge is 2.33. The molecule has 2 heterocycles. The van der Waals surface area contributed by atoms with Gasteiger partial charge in [-0.1, -0.05) is 0 Å². The quantitative estimate of drug-likeness (QED) is 0.835. The second-order valence-corrected chi connectivity index (χ2v) is 6.98. The highest BCUT2D eigenvalue weighted by atomic mass is 19.1. The van der Waals surface area contributed by atoms with Crippen molar-refractivity contribution < 1.29 is 18.6 Å². The van der Waals surface area contributed by atoms with Crippen molar-refractivity contribution >= 4 is 0 Å². The SMILES string of the molecule is CC(C)N1CC[C@@H](F)[C@@H](OCC(C)N2CC[C@H](F)[C@H](O)C2)C1. The van der Waals surface area contributed by atoms with Crippen LogP contribution in [-0.4, -0.2) is 84.3 Å². The maximum Gasteiger partial charge on any atom is 0.129 e. The molecule has 1 N–H and O–H groups in total. The van der Waals surface area contributed by atoms with Crippen molar-refractivity contribution in [1.82, 2.24) is 9.80 Å². The second kappa shape index (κ2) is 7.99. The van der Waals surface area contributed by atoms with Crippen LogP contribution in [0.25, 0.3) is 0 Å². The second-order valence-electron chi connectivity index (χ2n) is 6.98. The number of hydrogen-bond donors (Lipinski definition) is 1. The molecule has 0 aromatic rings. The van der Waals surface area contributed by atoms with Crippen LogP contribution in [-0.2, 0) is 4.74 Å². The molecule has 0 aromatic carbocycles. The summed E-state index contributed by atoms with van der Waals surface area (Å²) in [6, 6.07) is 0.457. The zero-order valence-corrected chi connectivity index (χ0v) is 13.9. The molecule has 0 aliphatic carbocycles. The largest absolute Gasteiger partial charge is 0.389 e. The number of β-amino-alcohol motifs (C(OH)–C–C–N with tert-alkyl or cyclic N) is 1. The van der Waals surface area contributed by atoms with Crippen LogP contribution in [0.2, 0.25) is 0 Å². The van der Waals surface area contributed by atoms with E-state index < -0.39 is 18.4 Å². The summed E-state index contributed by atoms with van der Waals surface area (Å²) >= 11 is 0. The van der Waals surface area contributed by atoms with Crippen LogP contribution in [0.15, 0.2) is 0 Å². The maximum absolute atomic E-state index is 14.0. The van der Waals surface area contributed by atoms with Crippen molar-refractivity contribution in [3.8, 4) is 0 Å². The fraction of sp³-hybridized carbons (Fsp3) is 1.00. The molecule has 5 atom stereocenters. The van der Waals surface area contributed by atoms with Gasteiger partial charge in [-0.25, -0.2) is 8.78 Å². The molecular weight excluding hydrogens is 290 g/mol. The lowest BCUT2D eigenvalue weighted by atomic mass is 10.0. The molecule has 22 heavy (non-hydrogen) atoms. The first-order valence-electron chi connectivity index (χ1n) is 8.44. The fourth-order valence-corrected chi connectivity index (χ4v) is 3.23. The van der Waals surface area contributed by atoms with E-state index in [4.69, 9.17) is 4.74 Å². The number of ether oxygens (including phenoxy) is 1. The van der Waals surface area contributed by atoms with E-state index >= 15 is 0 Å². The zero-order chi connectivity index (χ0) is 16.3. The van der Waals surface area contributed by atoms with E-state index in [1.165, 1.54) is 0 Å². The molecule has 2 aliphatic rings. The summed E-state index contributed by atoms with van der Waals surface area (Å²) in [5.41, 5.74) is 0. The topological polar surface area (TPSA) is 35.9 Å². The van der Waals surface area contributed by atoms with E-state index in [9.17, 15) is 13.9 Å². The lowest BCUT2D eigenvalue weighted by Crippen LogP contribution is -2.52. The van der Waals surface area contributed by atoms with E-state index in [1.807, 2.05) is 11.8 Å². The lowest BCUT2D eigenvalue weighted by Gasteiger charge is -2.39. The third-order valence-corrected chi connectivity index (χ3v) is 4.95. The molecule has 2 aliphatic heterocycles. The smallest absolute Gasteiger partial charge is 0.129 e. The van der Waals surface area contributed by atoms with Crippen LogP contribution >= 0.6 is 0 Å². The molecule has 0 bridgehead atoms. The van der Waals surface area contributed by atoms with E-state index in [1.54, 1.807) is 0 Å². The minimum atomic E-state index is -1.13. The molecule has 0 saturated carbocycles. The Bertz CT molecular complexity index is 346.